The molecule has 12 heteroatoms. The maximum absolute atomic E-state index is 14.1. The number of anilines is 1. The van der Waals surface area contributed by atoms with E-state index in [-0.39, 0.29) is 34.8 Å². The fourth-order valence-electron chi connectivity index (χ4n) is 4.16. The normalized spacial score (nSPS) is 11.9. The number of hydrogen-bond donors (Lipinski definition) is 1. The third kappa shape index (κ3) is 7.86. The summed E-state index contributed by atoms with van der Waals surface area (Å²) in [4.78, 5) is 28.3. The van der Waals surface area contributed by atoms with Crippen molar-refractivity contribution in [1.29, 1.82) is 0 Å². The molecule has 0 fully saturated rings. The SMILES string of the molecule is COc1ccc(CN(C(=O)CN(c2ccc(Cl)cc2)S(=O)(=O)c2ccc(OC)c(OC)c2)C(C)C(=O)NC(C)C)cc1. The number of hydrogen-bond acceptors (Lipinski definition) is 7. The quantitative estimate of drug-likeness (QED) is 0.300. The third-order valence-corrected chi connectivity index (χ3v) is 8.47. The number of halogens is 1. The first-order valence-electron chi connectivity index (χ1n) is 13.1. The molecular weight excluding hydrogens is 582 g/mol. The highest BCUT2D eigenvalue weighted by molar-refractivity contribution is 7.92. The van der Waals surface area contributed by atoms with E-state index in [0.717, 1.165) is 9.87 Å². The molecule has 1 unspecified atom stereocenters. The number of carbonyl (C=O) groups is 2. The van der Waals surface area contributed by atoms with Crippen LogP contribution in [0.5, 0.6) is 17.2 Å². The number of carbonyl (C=O) groups excluding carboxylic acids is 2. The first-order chi connectivity index (χ1) is 19.9. The summed E-state index contributed by atoms with van der Waals surface area (Å²) < 4.78 is 44.9. The summed E-state index contributed by atoms with van der Waals surface area (Å²) in [6.45, 7) is 4.71. The monoisotopic (exact) mass is 617 g/mol. The topological polar surface area (TPSA) is 114 Å². The van der Waals surface area contributed by atoms with Crippen molar-refractivity contribution in [3.05, 3.63) is 77.3 Å². The lowest BCUT2D eigenvalue weighted by Crippen LogP contribution is -2.52. The molecule has 1 N–H and O–H groups in total. The second kappa shape index (κ2) is 14.3. The Labute approximate surface area is 252 Å². The van der Waals surface area contributed by atoms with Gasteiger partial charge >= 0.3 is 0 Å². The van der Waals surface area contributed by atoms with E-state index in [1.165, 1.54) is 61.6 Å². The van der Waals surface area contributed by atoms with E-state index in [1.54, 1.807) is 38.3 Å². The molecule has 0 saturated carbocycles. The second-order valence-corrected chi connectivity index (χ2v) is 12.0. The zero-order valence-corrected chi connectivity index (χ0v) is 26.0. The van der Waals surface area contributed by atoms with Gasteiger partial charge in [-0.3, -0.25) is 13.9 Å². The van der Waals surface area contributed by atoms with Crippen molar-refractivity contribution >= 4 is 39.1 Å². The van der Waals surface area contributed by atoms with Crippen LogP contribution in [0.3, 0.4) is 0 Å². The Morgan fingerprint density at radius 3 is 2.02 bits per heavy atom. The van der Waals surface area contributed by atoms with Gasteiger partial charge in [-0.05, 0) is 74.9 Å². The van der Waals surface area contributed by atoms with Crippen molar-refractivity contribution in [2.45, 2.75) is 44.3 Å². The lowest BCUT2D eigenvalue weighted by molar-refractivity contribution is -0.139. The second-order valence-electron chi connectivity index (χ2n) is 9.71. The number of benzene rings is 3. The van der Waals surface area contributed by atoms with Crippen LogP contribution in [0.15, 0.2) is 71.6 Å². The highest BCUT2D eigenvalue weighted by Gasteiger charge is 2.33. The van der Waals surface area contributed by atoms with Gasteiger partial charge in [0.25, 0.3) is 10.0 Å². The van der Waals surface area contributed by atoms with Gasteiger partial charge in [-0.25, -0.2) is 8.42 Å². The molecule has 0 aliphatic rings. The highest BCUT2D eigenvalue weighted by atomic mass is 35.5. The first kappa shape index (κ1) is 32.6. The van der Waals surface area contributed by atoms with Crippen LogP contribution in [0.25, 0.3) is 0 Å². The Balaban J connectivity index is 2.06. The number of rotatable bonds is 13. The van der Waals surface area contributed by atoms with Crippen molar-refractivity contribution in [1.82, 2.24) is 10.2 Å². The van der Waals surface area contributed by atoms with Crippen molar-refractivity contribution in [3.63, 3.8) is 0 Å². The van der Waals surface area contributed by atoms with Crippen LogP contribution in [0.2, 0.25) is 5.02 Å². The van der Waals surface area contributed by atoms with E-state index >= 15 is 0 Å². The van der Waals surface area contributed by atoms with Gasteiger partial charge in [0.2, 0.25) is 11.8 Å². The first-order valence-corrected chi connectivity index (χ1v) is 15.0. The molecule has 0 radical (unpaired) electrons. The van der Waals surface area contributed by atoms with Crippen molar-refractivity contribution in [3.8, 4) is 17.2 Å². The molecule has 0 spiro atoms. The van der Waals surface area contributed by atoms with Gasteiger partial charge in [0, 0.05) is 23.7 Å². The standard InChI is InChI=1S/C30H36ClN3O7S/c1-20(2)32-30(36)21(3)33(18-22-7-13-25(39-4)14-8-22)29(35)19-34(24-11-9-23(31)10-12-24)42(37,38)26-15-16-27(40-5)28(17-26)41-6/h7-17,20-21H,18-19H2,1-6H3,(H,32,36). The molecule has 0 saturated heterocycles. The van der Waals surface area contributed by atoms with Crippen molar-refractivity contribution in [2.24, 2.45) is 0 Å². The van der Waals surface area contributed by atoms with E-state index in [9.17, 15) is 18.0 Å². The number of nitrogens with one attached hydrogen (secondary N) is 1. The van der Waals surface area contributed by atoms with Gasteiger partial charge in [0.1, 0.15) is 18.3 Å². The number of methoxy groups -OCH3 is 3. The Kier molecular flexibility index (Phi) is 11.1. The zero-order valence-electron chi connectivity index (χ0n) is 24.5. The molecule has 0 aliphatic heterocycles. The Morgan fingerprint density at radius 2 is 1.48 bits per heavy atom. The molecule has 226 valence electrons. The van der Waals surface area contributed by atoms with Crippen LogP contribution in [0.4, 0.5) is 5.69 Å². The largest absolute Gasteiger partial charge is 0.497 e. The highest BCUT2D eigenvalue weighted by Crippen LogP contribution is 2.32. The van der Waals surface area contributed by atoms with E-state index in [1.807, 2.05) is 13.8 Å². The lowest BCUT2D eigenvalue weighted by atomic mass is 10.1. The average Bonchev–Trinajstić information content (AvgIpc) is 2.98. The minimum atomic E-state index is -4.31. The summed E-state index contributed by atoms with van der Waals surface area (Å²) in [7, 11) is 0.0805. The summed E-state index contributed by atoms with van der Waals surface area (Å²) in [5.74, 6) is 0.239. The molecule has 0 aliphatic carbocycles. The molecule has 2 amide bonds. The van der Waals surface area contributed by atoms with Gasteiger partial charge in [-0.1, -0.05) is 23.7 Å². The smallest absolute Gasteiger partial charge is 0.264 e. The molecule has 0 aromatic heterocycles. The minimum Gasteiger partial charge on any atom is -0.497 e. The third-order valence-electron chi connectivity index (χ3n) is 6.45. The molecule has 10 nitrogen and oxygen atoms in total. The van der Waals surface area contributed by atoms with E-state index in [2.05, 4.69) is 5.32 Å². The fourth-order valence-corrected chi connectivity index (χ4v) is 5.71. The van der Waals surface area contributed by atoms with Crippen LogP contribution >= 0.6 is 11.6 Å². The lowest BCUT2D eigenvalue weighted by Gasteiger charge is -2.32. The molecule has 42 heavy (non-hydrogen) atoms. The van der Waals surface area contributed by atoms with E-state index in [4.69, 9.17) is 25.8 Å². The summed E-state index contributed by atoms with van der Waals surface area (Å²) >= 11 is 6.08. The molecular formula is C30H36ClN3O7S. The zero-order chi connectivity index (χ0) is 31.0. The number of amides is 2. The summed E-state index contributed by atoms with van der Waals surface area (Å²) in [6, 6.07) is 16.3. The maximum Gasteiger partial charge on any atom is 0.264 e. The summed E-state index contributed by atoms with van der Waals surface area (Å²) in [5.41, 5.74) is 0.945. The Morgan fingerprint density at radius 1 is 0.857 bits per heavy atom. The maximum atomic E-state index is 14.1. The number of ether oxygens (including phenoxy) is 3. The molecule has 1 atom stereocenters. The van der Waals surface area contributed by atoms with Gasteiger partial charge in [0.15, 0.2) is 11.5 Å². The summed E-state index contributed by atoms with van der Waals surface area (Å²) in [5, 5.41) is 3.22. The van der Waals surface area contributed by atoms with Crippen LogP contribution in [0.1, 0.15) is 26.3 Å². The number of nitrogens with zero attached hydrogens (tertiary/aromatic N) is 2. The fraction of sp³-hybridized carbons (Fsp3) is 0.333. The van der Waals surface area contributed by atoms with Gasteiger partial charge in [-0.2, -0.15) is 0 Å². The predicted octanol–water partition coefficient (Wildman–Crippen LogP) is 4.50. The van der Waals surface area contributed by atoms with Crippen LogP contribution < -0.4 is 23.8 Å². The Hall–Kier alpha value is -3.96. The van der Waals surface area contributed by atoms with Crippen LogP contribution in [0, 0.1) is 0 Å². The van der Waals surface area contributed by atoms with Crippen LogP contribution in [-0.4, -0.2) is 65.1 Å². The van der Waals surface area contributed by atoms with E-state index in [0.29, 0.717) is 16.5 Å². The minimum absolute atomic E-state index is 0.0559. The average molecular weight is 618 g/mol. The molecule has 3 aromatic rings. The van der Waals surface area contributed by atoms with Gasteiger partial charge in [-0.15, -0.1) is 0 Å². The Bertz CT molecular complexity index is 1480. The summed E-state index contributed by atoms with van der Waals surface area (Å²) in [6.07, 6.45) is 0. The van der Waals surface area contributed by atoms with Crippen molar-refractivity contribution < 1.29 is 32.2 Å². The molecule has 3 aromatic carbocycles. The predicted molar refractivity (Wildman–Crippen MR) is 162 cm³/mol. The van der Waals surface area contributed by atoms with Gasteiger partial charge < -0.3 is 24.4 Å². The van der Waals surface area contributed by atoms with Crippen LogP contribution in [-0.2, 0) is 26.2 Å². The van der Waals surface area contributed by atoms with E-state index < -0.39 is 28.5 Å². The number of sulfonamides is 1. The molecule has 0 heterocycles. The van der Waals surface area contributed by atoms with Gasteiger partial charge in [0.05, 0.1) is 31.9 Å². The molecule has 3 rings (SSSR count). The molecule has 0 bridgehead atoms. The van der Waals surface area contributed by atoms with Crippen molar-refractivity contribution in [2.75, 3.05) is 32.2 Å².